The van der Waals surface area contributed by atoms with E-state index in [0.29, 0.717) is 12.8 Å². The van der Waals surface area contributed by atoms with Crippen molar-refractivity contribution in [1.29, 1.82) is 0 Å². The molecule has 0 saturated carbocycles. The van der Waals surface area contributed by atoms with Crippen LogP contribution < -0.4 is 12.3 Å². The molecule has 0 aliphatic carbocycles. The summed E-state index contributed by atoms with van der Waals surface area (Å²) in [6, 6.07) is 4.89. The van der Waals surface area contributed by atoms with E-state index in [1.807, 2.05) is 0 Å². The quantitative estimate of drug-likeness (QED) is 0.222. The number of carboxylic acid groups (broad SMARTS) is 3. The first-order valence-corrected chi connectivity index (χ1v) is 7.65. The summed E-state index contributed by atoms with van der Waals surface area (Å²) in [6.07, 6.45) is 4.53. The molecule has 154 valence electrons. The van der Waals surface area contributed by atoms with E-state index >= 15 is 0 Å². The predicted molar refractivity (Wildman–Crippen MR) is 97.7 cm³/mol. The van der Waals surface area contributed by atoms with Crippen LogP contribution in [0.25, 0.3) is 0 Å². The first-order valence-electron chi connectivity index (χ1n) is 7.65. The number of aliphatic carboxylic acids is 2. The van der Waals surface area contributed by atoms with Crippen molar-refractivity contribution in [2.45, 2.75) is 44.9 Å². The zero-order chi connectivity index (χ0) is 19.2. The van der Waals surface area contributed by atoms with E-state index in [4.69, 9.17) is 15.3 Å². The minimum Gasteiger partial charge on any atom is -0.481 e. The topological polar surface area (TPSA) is 225 Å². The van der Waals surface area contributed by atoms with E-state index in [1.165, 1.54) is 18.2 Å². The summed E-state index contributed by atoms with van der Waals surface area (Å²) in [5, 5.41) is 35.3. The second-order valence-corrected chi connectivity index (χ2v) is 5.17. The van der Waals surface area contributed by atoms with Gasteiger partial charge in [-0.1, -0.05) is 25.3 Å². The molecular weight excluding hydrogens is 362 g/mol. The van der Waals surface area contributed by atoms with Crippen molar-refractivity contribution in [2.24, 2.45) is 0 Å². The zero-order valence-electron chi connectivity index (χ0n) is 15.0. The number of benzene rings is 1. The maximum absolute atomic E-state index is 10.4. The molecule has 1 rings (SSSR count). The molecule has 9 N–H and O–H groups in total. The third-order valence-electron chi connectivity index (χ3n) is 3.09. The molecule has 11 nitrogen and oxygen atoms in total. The number of non-ortho nitro benzene ring substituents is 1. The summed E-state index contributed by atoms with van der Waals surface area (Å²) in [5.41, 5.74) is -0.292. The lowest BCUT2D eigenvalue weighted by Gasteiger charge is -1.97. The minimum absolute atomic E-state index is 0. The molecular formula is C16H27N3O8. The van der Waals surface area contributed by atoms with E-state index in [2.05, 4.69) is 0 Å². The third-order valence-corrected chi connectivity index (χ3v) is 3.09. The fourth-order valence-electron chi connectivity index (χ4n) is 1.84. The van der Waals surface area contributed by atoms with Crippen LogP contribution in [0.2, 0.25) is 0 Å². The highest BCUT2D eigenvalue weighted by molar-refractivity contribution is 5.88. The molecule has 0 atom stereocenters. The van der Waals surface area contributed by atoms with Gasteiger partial charge < -0.3 is 27.6 Å². The number of rotatable bonds is 10. The molecule has 0 unspecified atom stereocenters. The molecule has 0 aliphatic rings. The molecule has 11 heteroatoms. The molecule has 1 aromatic rings. The molecule has 0 aromatic heterocycles. The fourth-order valence-corrected chi connectivity index (χ4v) is 1.84. The standard InChI is InChI=1S/C9H16O4.C7H5NO4.2H3N/c10-8(11)6-4-2-1-3-5-7-9(12)13;9-7(10)5-2-1-3-6(4-5)8(11)12;;/h1-7H2,(H,10,11)(H,12,13);1-4H,(H,9,10);2*1H3. The van der Waals surface area contributed by atoms with Crippen LogP contribution in [0.15, 0.2) is 24.3 Å². The van der Waals surface area contributed by atoms with E-state index in [0.717, 1.165) is 25.3 Å². The molecule has 0 aliphatic heterocycles. The van der Waals surface area contributed by atoms with Gasteiger partial charge in [-0.3, -0.25) is 19.7 Å². The van der Waals surface area contributed by atoms with Crippen molar-refractivity contribution in [3.63, 3.8) is 0 Å². The minimum atomic E-state index is -1.17. The Morgan fingerprint density at radius 2 is 1.30 bits per heavy atom. The first kappa shape index (κ1) is 28.7. The molecule has 1 aromatic carbocycles. The fraction of sp³-hybridized carbons (Fsp3) is 0.438. The van der Waals surface area contributed by atoms with Gasteiger partial charge >= 0.3 is 17.9 Å². The van der Waals surface area contributed by atoms with Gasteiger partial charge in [-0.05, 0) is 18.9 Å². The van der Waals surface area contributed by atoms with Gasteiger partial charge in [-0.15, -0.1) is 0 Å². The van der Waals surface area contributed by atoms with Crippen molar-refractivity contribution >= 4 is 23.6 Å². The highest BCUT2D eigenvalue weighted by Crippen LogP contribution is 2.12. The van der Waals surface area contributed by atoms with Gasteiger partial charge in [0.25, 0.3) is 5.69 Å². The first-order chi connectivity index (χ1) is 11.7. The Labute approximate surface area is 156 Å². The number of nitrogens with zero attached hydrogens (tertiary/aromatic N) is 1. The Kier molecular flexibility index (Phi) is 17.5. The maximum Gasteiger partial charge on any atom is 0.335 e. The lowest BCUT2D eigenvalue weighted by molar-refractivity contribution is -0.384. The molecule has 0 saturated heterocycles. The summed E-state index contributed by atoms with van der Waals surface area (Å²) in [4.78, 5) is 40.1. The van der Waals surface area contributed by atoms with Gasteiger partial charge in [-0.2, -0.15) is 0 Å². The number of unbranched alkanes of at least 4 members (excludes halogenated alkanes) is 4. The van der Waals surface area contributed by atoms with Gasteiger partial charge in [0, 0.05) is 25.0 Å². The van der Waals surface area contributed by atoms with Crippen LogP contribution in [0.4, 0.5) is 5.69 Å². The van der Waals surface area contributed by atoms with Crippen molar-refractivity contribution in [1.82, 2.24) is 12.3 Å². The summed E-state index contributed by atoms with van der Waals surface area (Å²) >= 11 is 0. The zero-order valence-corrected chi connectivity index (χ0v) is 15.0. The van der Waals surface area contributed by atoms with Crippen LogP contribution in [0, 0.1) is 10.1 Å². The third kappa shape index (κ3) is 16.2. The number of nitro benzene ring substituents is 1. The van der Waals surface area contributed by atoms with E-state index in [-0.39, 0.29) is 36.4 Å². The van der Waals surface area contributed by atoms with E-state index < -0.39 is 22.8 Å². The van der Waals surface area contributed by atoms with Gasteiger partial charge in [0.2, 0.25) is 0 Å². The van der Waals surface area contributed by atoms with Crippen LogP contribution in [0.3, 0.4) is 0 Å². The largest absolute Gasteiger partial charge is 0.481 e. The van der Waals surface area contributed by atoms with E-state index in [1.54, 1.807) is 0 Å². The number of aromatic carboxylic acids is 1. The molecule has 0 spiro atoms. The van der Waals surface area contributed by atoms with E-state index in [9.17, 15) is 24.5 Å². The summed E-state index contributed by atoms with van der Waals surface area (Å²) in [7, 11) is 0. The predicted octanol–water partition coefficient (Wildman–Crippen LogP) is 3.50. The molecule has 0 amide bonds. The molecule has 27 heavy (non-hydrogen) atoms. The Morgan fingerprint density at radius 1 is 0.852 bits per heavy atom. The van der Waals surface area contributed by atoms with Crippen molar-refractivity contribution < 1.29 is 34.6 Å². The lowest BCUT2D eigenvalue weighted by Crippen LogP contribution is -1.97. The van der Waals surface area contributed by atoms with Gasteiger partial charge in [0.15, 0.2) is 0 Å². The Hall–Kier alpha value is -3.05. The SMILES string of the molecule is N.N.O=C(O)CCCCCCCC(=O)O.O=C(O)c1cccc([N+](=O)[O-])c1. The average molecular weight is 389 g/mol. The monoisotopic (exact) mass is 389 g/mol. The number of nitro groups is 1. The Balaban J connectivity index is -0.000000398. The van der Waals surface area contributed by atoms with Gasteiger partial charge in [-0.25, -0.2) is 4.79 Å². The van der Waals surface area contributed by atoms with Crippen LogP contribution in [0.1, 0.15) is 55.3 Å². The molecule has 0 fully saturated rings. The lowest BCUT2D eigenvalue weighted by atomic mass is 10.1. The maximum atomic E-state index is 10.4. The second kappa shape index (κ2) is 16.4. The normalized spacial score (nSPS) is 8.89. The van der Waals surface area contributed by atoms with Crippen LogP contribution >= 0.6 is 0 Å². The molecule has 0 radical (unpaired) electrons. The number of carboxylic acids is 3. The Bertz CT molecular complexity index is 560. The number of hydrogen-bond donors (Lipinski definition) is 5. The van der Waals surface area contributed by atoms with Gasteiger partial charge in [0.1, 0.15) is 0 Å². The Morgan fingerprint density at radius 3 is 1.67 bits per heavy atom. The molecule has 0 bridgehead atoms. The summed E-state index contributed by atoms with van der Waals surface area (Å²) in [5.74, 6) is -2.69. The van der Waals surface area contributed by atoms with Gasteiger partial charge in [0.05, 0.1) is 10.5 Å². The van der Waals surface area contributed by atoms with Crippen molar-refractivity contribution in [2.75, 3.05) is 0 Å². The smallest absolute Gasteiger partial charge is 0.335 e. The number of hydrogen-bond acceptors (Lipinski definition) is 7. The van der Waals surface area contributed by atoms with Crippen LogP contribution in [-0.2, 0) is 9.59 Å². The van der Waals surface area contributed by atoms with Crippen molar-refractivity contribution in [3.05, 3.63) is 39.9 Å². The highest BCUT2D eigenvalue weighted by Gasteiger charge is 2.09. The second-order valence-electron chi connectivity index (χ2n) is 5.17. The molecule has 0 heterocycles. The number of carbonyl (C=O) groups is 3. The van der Waals surface area contributed by atoms with Crippen molar-refractivity contribution in [3.8, 4) is 0 Å². The highest BCUT2D eigenvalue weighted by atomic mass is 16.6. The summed E-state index contributed by atoms with van der Waals surface area (Å²) in [6.45, 7) is 0. The average Bonchev–Trinajstić information content (AvgIpc) is 2.54. The van der Waals surface area contributed by atoms with Crippen LogP contribution in [-0.4, -0.2) is 38.2 Å². The summed E-state index contributed by atoms with van der Waals surface area (Å²) < 4.78 is 0. The van der Waals surface area contributed by atoms with Crippen LogP contribution in [0.5, 0.6) is 0 Å².